The summed E-state index contributed by atoms with van der Waals surface area (Å²) in [5.74, 6) is -0.422. The first-order valence-corrected chi connectivity index (χ1v) is 5.45. The van der Waals surface area contributed by atoms with Crippen LogP contribution in [0, 0.1) is 0 Å². The molecule has 0 spiro atoms. The second-order valence-electron chi connectivity index (χ2n) is 3.50. The molecule has 0 unspecified atom stereocenters. The zero-order valence-electron chi connectivity index (χ0n) is 9.59. The standard InChI is InChI=1S/C14H16O3/c1-2-3-4-11-17-13-8-5-12(6-9-13)7-10-14(15)16/h2,5-10H,1,3-4,11H2,(H,15,16)/p-1/b10-7+. The highest BCUT2D eigenvalue weighted by atomic mass is 16.5. The Bertz CT molecular complexity index is 390. The van der Waals surface area contributed by atoms with Gasteiger partial charge >= 0.3 is 0 Å². The molecule has 0 N–H and O–H groups in total. The minimum absolute atomic E-state index is 0.653. The van der Waals surface area contributed by atoms with Crippen molar-refractivity contribution in [1.29, 1.82) is 0 Å². The molecule has 3 heteroatoms. The summed E-state index contributed by atoms with van der Waals surface area (Å²) in [6, 6.07) is 7.20. The number of carbonyl (C=O) groups excluding carboxylic acids is 1. The number of carboxylic acids is 1. The average molecular weight is 231 g/mol. The molecule has 0 aliphatic carbocycles. The maximum atomic E-state index is 10.2. The molecule has 0 saturated heterocycles. The molecule has 3 nitrogen and oxygen atoms in total. The molecule has 0 saturated carbocycles. The van der Waals surface area contributed by atoms with Crippen molar-refractivity contribution in [2.45, 2.75) is 12.8 Å². The first kappa shape index (κ1) is 13.0. The number of benzene rings is 1. The van der Waals surface area contributed by atoms with Crippen LogP contribution in [-0.2, 0) is 4.79 Å². The Morgan fingerprint density at radius 3 is 2.65 bits per heavy atom. The summed E-state index contributed by atoms with van der Waals surface area (Å²) in [5.41, 5.74) is 0.799. The Morgan fingerprint density at radius 1 is 1.35 bits per heavy atom. The van der Waals surface area contributed by atoms with Crippen molar-refractivity contribution in [3.05, 3.63) is 48.6 Å². The van der Waals surface area contributed by atoms with E-state index in [-0.39, 0.29) is 0 Å². The van der Waals surface area contributed by atoms with Crippen LogP contribution in [-0.4, -0.2) is 12.6 Å². The molecule has 0 aromatic heterocycles. The van der Waals surface area contributed by atoms with E-state index in [0.717, 1.165) is 30.2 Å². The highest BCUT2D eigenvalue weighted by molar-refractivity contribution is 5.83. The molecule has 1 aromatic carbocycles. The Hall–Kier alpha value is -2.03. The first-order chi connectivity index (χ1) is 8.22. The lowest BCUT2D eigenvalue weighted by molar-refractivity contribution is -0.297. The fraction of sp³-hybridized carbons (Fsp3) is 0.214. The van der Waals surface area contributed by atoms with Crippen LogP contribution < -0.4 is 9.84 Å². The van der Waals surface area contributed by atoms with Crippen molar-refractivity contribution in [2.24, 2.45) is 0 Å². The van der Waals surface area contributed by atoms with Crippen LogP contribution in [0.5, 0.6) is 5.75 Å². The van der Waals surface area contributed by atoms with E-state index < -0.39 is 5.97 Å². The van der Waals surface area contributed by atoms with Crippen LogP contribution in [0.3, 0.4) is 0 Å². The quantitative estimate of drug-likeness (QED) is 0.408. The van der Waals surface area contributed by atoms with Crippen LogP contribution in [0.4, 0.5) is 0 Å². The number of aliphatic carboxylic acids is 1. The van der Waals surface area contributed by atoms with Crippen molar-refractivity contribution in [3.8, 4) is 5.75 Å². The van der Waals surface area contributed by atoms with Crippen molar-refractivity contribution >= 4 is 12.0 Å². The largest absolute Gasteiger partial charge is 0.545 e. The van der Waals surface area contributed by atoms with Gasteiger partial charge in [-0.3, -0.25) is 0 Å². The van der Waals surface area contributed by atoms with Crippen molar-refractivity contribution < 1.29 is 14.6 Å². The van der Waals surface area contributed by atoms with Gasteiger partial charge in [0.1, 0.15) is 5.75 Å². The van der Waals surface area contributed by atoms with E-state index in [9.17, 15) is 9.90 Å². The molecule has 1 aromatic rings. The second kappa shape index (κ2) is 7.28. The van der Waals surface area contributed by atoms with Crippen LogP contribution in [0.25, 0.3) is 6.08 Å². The molecular weight excluding hydrogens is 216 g/mol. The van der Waals surface area contributed by atoms with E-state index in [1.807, 2.05) is 18.2 Å². The average Bonchev–Trinajstić information content (AvgIpc) is 2.33. The third-order valence-electron chi connectivity index (χ3n) is 2.11. The normalized spacial score (nSPS) is 10.4. The Morgan fingerprint density at radius 2 is 2.06 bits per heavy atom. The molecule has 0 heterocycles. The van der Waals surface area contributed by atoms with Gasteiger partial charge in [-0.05, 0) is 36.6 Å². The minimum Gasteiger partial charge on any atom is -0.545 e. The third kappa shape index (κ3) is 5.56. The van der Waals surface area contributed by atoms with E-state index in [2.05, 4.69) is 6.58 Å². The number of rotatable bonds is 7. The van der Waals surface area contributed by atoms with Gasteiger partial charge < -0.3 is 14.6 Å². The van der Waals surface area contributed by atoms with Crippen molar-refractivity contribution in [3.63, 3.8) is 0 Å². The van der Waals surface area contributed by atoms with Gasteiger partial charge in [0.2, 0.25) is 0 Å². The molecule has 0 amide bonds. The molecule has 0 fully saturated rings. The predicted molar refractivity (Wildman–Crippen MR) is 65.4 cm³/mol. The van der Waals surface area contributed by atoms with E-state index in [4.69, 9.17) is 4.74 Å². The highest BCUT2D eigenvalue weighted by Crippen LogP contribution is 2.13. The summed E-state index contributed by atoms with van der Waals surface area (Å²) in [5, 5.41) is 10.2. The Labute approximate surface area is 101 Å². The molecule has 0 aliphatic rings. The van der Waals surface area contributed by atoms with Gasteiger partial charge in [0, 0.05) is 0 Å². The highest BCUT2D eigenvalue weighted by Gasteiger charge is 1.93. The Balaban J connectivity index is 2.44. The van der Waals surface area contributed by atoms with Gasteiger partial charge in [0.15, 0.2) is 0 Å². The summed E-state index contributed by atoms with van der Waals surface area (Å²) in [6.07, 6.45) is 6.22. The fourth-order valence-corrected chi connectivity index (χ4v) is 1.26. The lowest BCUT2D eigenvalue weighted by Gasteiger charge is -2.05. The zero-order chi connectivity index (χ0) is 12.5. The van der Waals surface area contributed by atoms with Crippen LogP contribution >= 0.6 is 0 Å². The monoisotopic (exact) mass is 231 g/mol. The summed E-state index contributed by atoms with van der Waals surface area (Å²) < 4.78 is 5.49. The number of carbonyl (C=O) groups is 1. The topological polar surface area (TPSA) is 49.4 Å². The van der Waals surface area contributed by atoms with Crippen molar-refractivity contribution in [1.82, 2.24) is 0 Å². The van der Waals surface area contributed by atoms with Gasteiger partial charge in [0.25, 0.3) is 0 Å². The number of hydrogen-bond acceptors (Lipinski definition) is 3. The predicted octanol–water partition coefficient (Wildman–Crippen LogP) is 1.79. The maximum Gasteiger partial charge on any atom is 0.119 e. The van der Waals surface area contributed by atoms with E-state index in [0.29, 0.717) is 6.61 Å². The van der Waals surface area contributed by atoms with Crippen molar-refractivity contribution in [2.75, 3.05) is 6.61 Å². The lowest BCUT2D eigenvalue weighted by Crippen LogP contribution is -2.18. The number of hydrogen-bond donors (Lipinski definition) is 0. The molecule has 0 atom stereocenters. The van der Waals surface area contributed by atoms with Crippen LogP contribution in [0.15, 0.2) is 43.0 Å². The van der Waals surface area contributed by atoms with Gasteiger partial charge in [0.05, 0.1) is 12.6 Å². The molecule has 17 heavy (non-hydrogen) atoms. The SMILES string of the molecule is C=CCCCOc1ccc(/C=C/C(=O)[O-])cc1. The molecule has 0 radical (unpaired) electrons. The van der Waals surface area contributed by atoms with E-state index in [1.165, 1.54) is 6.08 Å². The smallest absolute Gasteiger partial charge is 0.119 e. The fourth-order valence-electron chi connectivity index (χ4n) is 1.26. The molecule has 1 rings (SSSR count). The number of unbranched alkanes of at least 4 members (excludes halogenated alkanes) is 1. The van der Waals surface area contributed by atoms with Crippen LogP contribution in [0.2, 0.25) is 0 Å². The summed E-state index contributed by atoms with van der Waals surface area (Å²) >= 11 is 0. The molecular formula is C14H15O3-. The minimum atomic E-state index is -1.20. The number of carboxylic acid groups (broad SMARTS) is 1. The van der Waals surface area contributed by atoms with Gasteiger partial charge in [-0.25, -0.2) is 0 Å². The van der Waals surface area contributed by atoms with Gasteiger partial charge in [-0.1, -0.05) is 24.3 Å². The third-order valence-corrected chi connectivity index (χ3v) is 2.11. The Kier molecular flexibility index (Phi) is 5.58. The van der Waals surface area contributed by atoms with E-state index in [1.54, 1.807) is 12.1 Å². The van der Waals surface area contributed by atoms with E-state index >= 15 is 0 Å². The summed E-state index contributed by atoms with van der Waals surface area (Å²) in [7, 11) is 0. The summed E-state index contributed by atoms with van der Waals surface area (Å²) in [6.45, 7) is 4.29. The zero-order valence-corrected chi connectivity index (χ0v) is 9.59. The number of ether oxygens (including phenoxy) is 1. The van der Waals surface area contributed by atoms with Gasteiger partial charge in [-0.2, -0.15) is 0 Å². The van der Waals surface area contributed by atoms with Crippen LogP contribution in [0.1, 0.15) is 18.4 Å². The van der Waals surface area contributed by atoms with Gasteiger partial charge in [-0.15, -0.1) is 6.58 Å². The number of allylic oxidation sites excluding steroid dienone is 1. The molecule has 0 bridgehead atoms. The molecule has 0 aliphatic heterocycles. The lowest BCUT2D eigenvalue weighted by atomic mass is 10.2. The first-order valence-electron chi connectivity index (χ1n) is 5.45. The second-order valence-corrected chi connectivity index (χ2v) is 3.50. The maximum absolute atomic E-state index is 10.2. The summed E-state index contributed by atoms with van der Waals surface area (Å²) in [4.78, 5) is 10.2. The molecule has 90 valence electrons.